The number of nitrogen functional groups attached to an aromatic ring is 1. The molecule has 1 aromatic carbocycles. The molecule has 0 radical (unpaired) electrons. The predicted molar refractivity (Wildman–Crippen MR) is 93.0 cm³/mol. The molecule has 3 heteroatoms. The van der Waals surface area contributed by atoms with Crippen LogP contribution in [0.5, 0.6) is 5.75 Å². The van der Waals surface area contributed by atoms with Gasteiger partial charge in [0.2, 0.25) is 0 Å². The normalized spacial score (nSPS) is 11.7. The summed E-state index contributed by atoms with van der Waals surface area (Å²) in [6.45, 7) is 11.9. The fourth-order valence-electron chi connectivity index (χ4n) is 2.28. The first kappa shape index (κ1) is 17.7. The van der Waals surface area contributed by atoms with Crippen molar-refractivity contribution in [1.82, 2.24) is 0 Å². The van der Waals surface area contributed by atoms with Crippen LogP contribution in [0.15, 0.2) is 18.2 Å². The Kier molecular flexibility index (Phi) is 6.86. The van der Waals surface area contributed by atoms with Crippen LogP contribution < -0.4 is 15.8 Å². The van der Waals surface area contributed by atoms with Crippen molar-refractivity contribution in [2.45, 2.75) is 66.4 Å². The van der Waals surface area contributed by atoms with Crippen LogP contribution in [0.3, 0.4) is 0 Å². The minimum Gasteiger partial charge on any atom is -0.489 e. The first-order valence-electron chi connectivity index (χ1n) is 8.14. The Labute approximate surface area is 130 Å². The molecule has 0 heterocycles. The van der Waals surface area contributed by atoms with Gasteiger partial charge in [0.1, 0.15) is 5.75 Å². The van der Waals surface area contributed by atoms with Crippen molar-refractivity contribution in [3.63, 3.8) is 0 Å². The number of anilines is 2. The molecule has 21 heavy (non-hydrogen) atoms. The lowest BCUT2D eigenvalue weighted by molar-refractivity contribution is 0.244. The molecule has 1 aromatic rings. The van der Waals surface area contributed by atoms with E-state index in [4.69, 9.17) is 10.5 Å². The molecule has 0 aliphatic rings. The van der Waals surface area contributed by atoms with Crippen molar-refractivity contribution >= 4 is 11.4 Å². The second kappa shape index (κ2) is 8.16. The molecule has 0 fully saturated rings. The number of nitrogens with one attached hydrogen (secondary N) is 1. The van der Waals surface area contributed by atoms with E-state index in [-0.39, 0.29) is 6.10 Å². The van der Waals surface area contributed by atoms with Crippen LogP contribution >= 0.6 is 0 Å². The van der Waals surface area contributed by atoms with Crippen LogP contribution in [0.1, 0.15) is 60.3 Å². The molecule has 0 spiro atoms. The maximum atomic E-state index is 5.95. The van der Waals surface area contributed by atoms with Crippen LogP contribution in [0, 0.1) is 5.41 Å². The number of hydrogen-bond donors (Lipinski definition) is 2. The van der Waals surface area contributed by atoms with Gasteiger partial charge in [-0.15, -0.1) is 0 Å². The number of rotatable bonds is 9. The molecule has 1 rings (SSSR count). The molecule has 0 bridgehead atoms. The highest BCUT2D eigenvalue weighted by Gasteiger charge is 2.17. The van der Waals surface area contributed by atoms with E-state index in [2.05, 4.69) is 26.1 Å². The second-order valence-corrected chi connectivity index (χ2v) is 6.89. The average molecular weight is 292 g/mol. The van der Waals surface area contributed by atoms with Crippen molar-refractivity contribution in [2.24, 2.45) is 5.41 Å². The zero-order chi connectivity index (χ0) is 15.9. The van der Waals surface area contributed by atoms with Crippen molar-refractivity contribution < 1.29 is 4.74 Å². The predicted octanol–water partition coefficient (Wildman–Crippen LogP) is 5.07. The molecule has 0 aliphatic heterocycles. The van der Waals surface area contributed by atoms with Crippen LogP contribution in [-0.2, 0) is 0 Å². The summed E-state index contributed by atoms with van der Waals surface area (Å²) < 4.78 is 5.73. The first-order valence-corrected chi connectivity index (χ1v) is 8.14. The summed E-state index contributed by atoms with van der Waals surface area (Å²) >= 11 is 0. The lowest BCUT2D eigenvalue weighted by Gasteiger charge is -2.26. The topological polar surface area (TPSA) is 47.3 Å². The maximum absolute atomic E-state index is 5.95. The Bertz CT molecular complexity index is 427. The van der Waals surface area contributed by atoms with Gasteiger partial charge in [0.15, 0.2) is 0 Å². The van der Waals surface area contributed by atoms with E-state index in [1.807, 2.05) is 32.0 Å². The van der Waals surface area contributed by atoms with Crippen molar-refractivity contribution in [3.05, 3.63) is 18.2 Å². The second-order valence-electron chi connectivity index (χ2n) is 6.89. The van der Waals surface area contributed by atoms with Crippen LogP contribution in [0.4, 0.5) is 11.4 Å². The molecular formula is C18H32N2O. The highest BCUT2D eigenvalue weighted by molar-refractivity contribution is 5.61. The van der Waals surface area contributed by atoms with Crippen molar-refractivity contribution in [2.75, 3.05) is 17.6 Å². The van der Waals surface area contributed by atoms with Gasteiger partial charge in [-0.1, -0.05) is 40.0 Å². The van der Waals surface area contributed by atoms with E-state index < -0.39 is 0 Å². The molecule has 0 saturated heterocycles. The molecule has 0 aliphatic carbocycles. The summed E-state index contributed by atoms with van der Waals surface area (Å²) in [5.41, 5.74) is 8.01. The number of hydrogen-bond acceptors (Lipinski definition) is 3. The van der Waals surface area contributed by atoms with Gasteiger partial charge in [0.25, 0.3) is 0 Å². The van der Waals surface area contributed by atoms with Crippen LogP contribution in [-0.4, -0.2) is 12.6 Å². The van der Waals surface area contributed by atoms with E-state index in [9.17, 15) is 0 Å². The lowest BCUT2D eigenvalue weighted by atomic mass is 9.87. The molecule has 120 valence electrons. The molecule has 3 nitrogen and oxygen atoms in total. The Hall–Kier alpha value is -1.38. The summed E-state index contributed by atoms with van der Waals surface area (Å²) in [4.78, 5) is 0. The molecule has 0 aromatic heterocycles. The number of ether oxygens (including phenoxy) is 1. The fourth-order valence-corrected chi connectivity index (χ4v) is 2.28. The molecule has 0 amide bonds. The van der Waals surface area contributed by atoms with Crippen LogP contribution in [0.2, 0.25) is 0 Å². The van der Waals surface area contributed by atoms with Gasteiger partial charge in [-0.25, -0.2) is 0 Å². The van der Waals surface area contributed by atoms with Crippen molar-refractivity contribution in [1.29, 1.82) is 0 Å². The third-order valence-corrected chi connectivity index (χ3v) is 3.60. The summed E-state index contributed by atoms with van der Waals surface area (Å²) in [5, 5.41) is 3.52. The summed E-state index contributed by atoms with van der Waals surface area (Å²) in [6, 6.07) is 5.92. The lowest BCUT2D eigenvalue weighted by Crippen LogP contribution is -2.23. The van der Waals surface area contributed by atoms with E-state index in [0.717, 1.165) is 18.0 Å². The van der Waals surface area contributed by atoms with E-state index in [1.165, 1.54) is 25.7 Å². The van der Waals surface area contributed by atoms with Gasteiger partial charge in [0.05, 0.1) is 11.8 Å². The molecule has 0 saturated carbocycles. The Morgan fingerprint density at radius 3 is 2.57 bits per heavy atom. The number of benzene rings is 1. The average Bonchev–Trinajstić information content (AvgIpc) is 2.39. The van der Waals surface area contributed by atoms with E-state index in [1.54, 1.807) is 0 Å². The van der Waals surface area contributed by atoms with E-state index in [0.29, 0.717) is 11.1 Å². The van der Waals surface area contributed by atoms with Gasteiger partial charge in [-0.2, -0.15) is 0 Å². The van der Waals surface area contributed by atoms with Gasteiger partial charge in [0, 0.05) is 18.3 Å². The monoisotopic (exact) mass is 292 g/mol. The molecule has 3 N–H and O–H groups in total. The fraction of sp³-hybridized carbons (Fsp3) is 0.667. The van der Waals surface area contributed by atoms with Gasteiger partial charge >= 0.3 is 0 Å². The maximum Gasteiger partial charge on any atom is 0.144 e. The summed E-state index contributed by atoms with van der Waals surface area (Å²) in [7, 11) is 0. The summed E-state index contributed by atoms with van der Waals surface area (Å²) in [5.74, 6) is 0.763. The Morgan fingerprint density at radius 1 is 1.24 bits per heavy atom. The smallest absolute Gasteiger partial charge is 0.144 e. The third-order valence-electron chi connectivity index (χ3n) is 3.60. The van der Waals surface area contributed by atoms with Crippen molar-refractivity contribution in [3.8, 4) is 5.75 Å². The SMILES string of the molecule is CCCCCC(C)(C)CNc1ccc(N)c(OC(C)C)c1. The standard InChI is InChI=1S/C18H32N2O/c1-6-7-8-11-18(4,5)13-20-15-9-10-16(19)17(12-15)21-14(2)3/h9-10,12,14,20H,6-8,11,13,19H2,1-5H3. The van der Waals surface area contributed by atoms with E-state index >= 15 is 0 Å². The highest BCUT2D eigenvalue weighted by Crippen LogP contribution is 2.29. The Balaban J connectivity index is 2.58. The van der Waals surface area contributed by atoms with Crippen LogP contribution in [0.25, 0.3) is 0 Å². The number of nitrogens with two attached hydrogens (primary N) is 1. The Morgan fingerprint density at radius 2 is 1.95 bits per heavy atom. The number of unbranched alkanes of at least 4 members (excludes halogenated alkanes) is 2. The van der Waals surface area contributed by atoms with Gasteiger partial charge in [-0.05, 0) is 37.8 Å². The quantitative estimate of drug-likeness (QED) is 0.493. The highest BCUT2D eigenvalue weighted by atomic mass is 16.5. The molecule has 0 atom stereocenters. The molecule has 0 unspecified atom stereocenters. The zero-order valence-electron chi connectivity index (χ0n) is 14.3. The third kappa shape index (κ3) is 6.74. The first-order chi connectivity index (χ1) is 9.84. The minimum absolute atomic E-state index is 0.132. The van der Waals surface area contributed by atoms with Gasteiger partial charge in [-0.3, -0.25) is 0 Å². The largest absolute Gasteiger partial charge is 0.489 e. The minimum atomic E-state index is 0.132. The molecular weight excluding hydrogens is 260 g/mol. The zero-order valence-corrected chi connectivity index (χ0v) is 14.3. The van der Waals surface area contributed by atoms with Gasteiger partial charge < -0.3 is 15.8 Å². The summed E-state index contributed by atoms with van der Waals surface area (Å²) in [6.07, 6.45) is 5.27.